The molecule has 0 bridgehead atoms. The van der Waals surface area contributed by atoms with Gasteiger partial charge in [-0.3, -0.25) is 4.98 Å². The third-order valence-electron chi connectivity index (χ3n) is 3.70. The molecule has 2 heterocycles. The number of pyridine rings is 1. The van der Waals surface area contributed by atoms with Crippen LogP contribution in [0.15, 0.2) is 40.0 Å². The molecular weight excluding hydrogens is 409 g/mol. The first-order valence-electron chi connectivity index (χ1n) is 7.40. The van der Waals surface area contributed by atoms with Crippen LogP contribution in [-0.4, -0.2) is 18.6 Å². The summed E-state index contributed by atoms with van der Waals surface area (Å²) in [6, 6.07) is 1.91. The number of sulfonamides is 1. The smallest absolute Gasteiger partial charge is 0.350 e. The van der Waals surface area contributed by atoms with E-state index in [0.717, 1.165) is 0 Å². The Hall–Kier alpha value is -2.86. The van der Waals surface area contributed by atoms with Crippen molar-refractivity contribution in [2.75, 3.05) is 0 Å². The second-order valence-electron chi connectivity index (χ2n) is 5.79. The highest BCUT2D eigenvalue weighted by Crippen LogP contribution is 2.44. The summed E-state index contributed by atoms with van der Waals surface area (Å²) < 4.78 is 95.8. The van der Waals surface area contributed by atoms with E-state index >= 15 is 0 Å². The topological polar surface area (TPSA) is 99.1 Å². The van der Waals surface area contributed by atoms with Crippen LogP contribution in [-0.2, 0) is 16.2 Å². The van der Waals surface area contributed by atoms with Crippen LogP contribution in [0.4, 0.5) is 22.0 Å². The summed E-state index contributed by atoms with van der Waals surface area (Å²) in [5.41, 5.74) is -1.60. The van der Waals surface area contributed by atoms with Crippen molar-refractivity contribution in [1.29, 1.82) is 0 Å². The molecule has 0 aliphatic rings. The fourth-order valence-electron chi connectivity index (χ4n) is 2.55. The fraction of sp³-hybridized carbons (Fsp3) is 0.125. The number of benzene rings is 1. The number of rotatable bonds is 3. The Balaban J connectivity index is 2.35. The van der Waals surface area contributed by atoms with Gasteiger partial charge in [-0.2, -0.15) is 13.2 Å². The van der Waals surface area contributed by atoms with Crippen molar-refractivity contribution in [3.05, 3.63) is 53.6 Å². The zero-order chi connectivity index (χ0) is 20.9. The van der Waals surface area contributed by atoms with Gasteiger partial charge in [0.1, 0.15) is 22.2 Å². The first-order chi connectivity index (χ1) is 12.9. The van der Waals surface area contributed by atoms with E-state index < -0.39 is 55.3 Å². The Morgan fingerprint density at radius 2 is 1.75 bits per heavy atom. The number of primary sulfonamides is 1. The number of aromatic nitrogens is 2. The number of alkyl halides is 3. The first-order valence-corrected chi connectivity index (χ1v) is 8.95. The number of hydrogen-bond donors (Lipinski definition) is 1. The molecule has 0 aliphatic heterocycles. The molecule has 0 amide bonds. The highest BCUT2D eigenvalue weighted by atomic mass is 32.2. The monoisotopic (exact) mass is 419 g/mol. The molecule has 0 saturated carbocycles. The van der Waals surface area contributed by atoms with Crippen LogP contribution in [0.1, 0.15) is 11.3 Å². The van der Waals surface area contributed by atoms with Crippen molar-refractivity contribution in [2.45, 2.75) is 18.0 Å². The van der Waals surface area contributed by atoms with Crippen molar-refractivity contribution in [2.24, 2.45) is 5.14 Å². The quantitative estimate of drug-likeness (QED) is 0.654. The Kier molecular flexibility index (Phi) is 4.71. The molecule has 0 atom stereocenters. The van der Waals surface area contributed by atoms with Crippen LogP contribution in [0.5, 0.6) is 0 Å². The van der Waals surface area contributed by atoms with Crippen molar-refractivity contribution in [3.63, 3.8) is 0 Å². The Labute approximate surface area is 154 Å². The highest BCUT2D eigenvalue weighted by Gasteiger charge is 2.42. The minimum absolute atomic E-state index is 0.0598. The molecule has 6 nitrogen and oxygen atoms in total. The predicted molar refractivity (Wildman–Crippen MR) is 86.2 cm³/mol. The zero-order valence-electron chi connectivity index (χ0n) is 13.9. The summed E-state index contributed by atoms with van der Waals surface area (Å²) >= 11 is 0. The molecular formula is C16H10F5N3O3S. The molecule has 0 fully saturated rings. The normalized spacial score (nSPS) is 12.4. The molecule has 28 heavy (non-hydrogen) atoms. The summed E-state index contributed by atoms with van der Waals surface area (Å²) in [4.78, 5) is 2.63. The largest absolute Gasteiger partial charge is 0.453 e. The minimum atomic E-state index is -5.08. The Morgan fingerprint density at radius 3 is 2.32 bits per heavy atom. The van der Waals surface area contributed by atoms with Crippen molar-refractivity contribution in [1.82, 2.24) is 10.1 Å². The number of halogens is 5. The van der Waals surface area contributed by atoms with Crippen molar-refractivity contribution < 1.29 is 34.9 Å². The number of nitrogens with zero attached hydrogens (tertiary/aromatic N) is 2. The van der Waals surface area contributed by atoms with Crippen LogP contribution in [0.3, 0.4) is 0 Å². The summed E-state index contributed by atoms with van der Waals surface area (Å²) in [6.07, 6.45) is -2.49. The zero-order valence-corrected chi connectivity index (χ0v) is 14.7. The molecule has 2 N–H and O–H groups in total. The lowest BCUT2D eigenvalue weighted by Crippen LogP contribution is -2.15. The number of nitrogens with two attached hydrogens (primary N) is 1. The maximum Gasteiger partial charge on any atom is 0.453 e. The van der Waals surface area contributed by atoms with Gasteiger partial charge in [-0.15, -0.1) is 0 Å². The first kappa shape index (κ1) is 19.9. The Bertz CT molecular complexity index is 1170. The molecule has 12 heteroatoms. The summed E-state index contributed by atoms with van der Waals surface area (Å²) in [5, 5.41) is 8.12. The van der Waals surface area contributed by atoms with E-state index in [2.05, 4.69) is 14.7 Å². The van der Waals surface area contributed by atoms with Crippen LogP contribution in [0.25, 0.3) is 22.4 Å². The van der Waals surface area contributed by atoms with E-state index in [1.807, 2.05) is 0 Å². The van der Waals surface area contributed by atoms with Gasteiger partial charge in [0.2, 0.25) is 15.8 Å². The lowest BCUT2D eigenvalue weighted by atomic mass is 9.98. The standard InChI is InChI=1S/C16H10F5N3O3S/c1-7-2-8(6-23-5-7)14-13(15(27-24-14)16(19,20)21)9-3-11(18)12(4-10(9)17)28(22,25)26/h2-6H,1H3,(H2,22,25,26). The maximum atomic E-state index is 14.5. The van der Waals surface area contributed by atoms with E-state index in [9.17, 15) is 30.4 Å². The van der Waals surface area contributed by atoms with Crippen LogP contribution >= 0.6 is 0 Å². The van der Waals surface area contributed by atoms with Gasteiger partial charge < -0.3 is 4.52 Å². The van der Waals surface area contributed by atoms with Crippen molar-refractivity contribution in [3.8, 4) is 22.4 Å². The molecule has 3 aromatic rings. The van der Waals surface area contributed by atoms with E-state index in [4.69, 9.17) is 5.14 Å². The van der Waals surface area contributed by atoms with Gasteiger partial charge in [-0.25, -0.2) is 22.3 Å². The average molecular weight is 419 g/mol. The van der Waals surface area contributed by atoms with Gasteiger partial charge in [0.15, 0.2) is 0 Å². The van der Waals surface area contributed by atoms with Crippen LogP contribution < -0.4 is 5.14 Å². The van der Waals surface area contributed by atoms with E-state index in [-0.39, 0.29) is 11.6 Å². The number of hydrogen-bond acceptors (Lipinski definition) is 5. The minimum Gasteiger partial charge on any atom is -0.350 e. The van der Waals surface area contributed by atoms with Gasteiger partial charge in [-0.1, -0.05) is 5.16 Å². The molecule has 0 unspecified atom stereocenters. The molecule has 3 rings (SSSR count). The van der Waals surface area contributed by atoms with E-state index in [1.54, 1.807) is 6.92 Å². The van der Waals surface area contributed by atoms with E-state index in [0.29, 0.717) is 11.6 Å². The molecule has 2 aromatic heterocycles. The highest BCUT2D eigenvalue weighted by molar-refractivity contribution is 7.89. The second kappa shape index (κ2) is 6.63. The molecule has 0 saturated heterocycles. The average Bonchev–Trinajstić information content (AvgIpc) is 3.00. The van der Waals surface area contributed by atoms with Crippen LogP contribution in [0, 0.1) is 18.6 Å². The summed E-state index contributed by atoms with van der Waals surface area (Å²) in [7, 11) is -4.63. The summed E-state index contributed by atoms with van der Waals surface area (Å²) in [6.45, 7) is 1.61. The fourth-order valence-corrected chi connectivity index (χ4v) is 3.15. The molecule has 0 radical (unpaired) electrons. The lowest BCUT2D eigenvalue weighted by molar-refractivity contribution is -0.154. The molecule has 0 spiro atoms. The third kappa shape index (κ3) is 3.60. The predicted octanol–water partition coefficient (Wildman–Crippen LogP) is 3.66. The van der Waals surface area contributed by atoms with E-state index in [1.165, 1.54) is 18.5 Å². The molecule has 0 aliphatic carbocycles. The van der Waals surface area contributed by atoms with Crippen molar-refractivity contribution >= 4 is 10.0 Å². The maximum absolute atomic E-state index is 14.5. The second-order valence-corrected chi connectivity index (χ2v) is 7.32. The lowest BCUT2D eigenvalue weighted by Gasteiger charge is -2.10. The SMILES string of the molecule is Cc1cncc(-c2noc(C(F)(F)F)c2-c2cc(F)c(S(N)(=O)=O)cc2F)c1. The third-order valence-corrected chi connectivity index (χ3v) is 4.62. The van der Waals surface area contributed by atoms with Crippen LogP contribution in [0.2, 0.25) is 0 Å². The van der Waals surface area contributed by atoms with Gasteiger partial charge in [-0.05, 0) is 30.7 Å². The number of aryl methyl sites for hydroxylation is 1. The van der Waals surface area contributed by atoms with Gasteiger partial charge >= 0.3 is 6.18 Å². The van der Waals surface area contributed by atoms with Gasteiger partial charge in [0.25, 0.3) is 0 Å². The summed E-state index contributed by atoms with van der Waals surface area (Å²) in [5.74, 6) is -4.66. The molecule has 148 valence electrons. The Morgan fingerprint density at radius 1 is 1.07 bits per heavy atom. The molecule has 1 aromatic carbocycles. The van der Waals surface area contributed by atoms with Gasteiger partial charge in [0.05, 0.1) is 5.56 Å². The van der Waals surface area contributed by atoms with Gasteiger partial charge in [0, 0.05) is 23.5 Å².